The Morgan fingerprint density at radius 2 is 1.78 bits per heavy atom. The van der Waals surface area contributed by atoms with E-state index in [2.05, 4.69) is 0 Å². The standard InChI is InChI=1S/C21H23FN2O3/c22-18-9-7-16(8-10-18)13-19(25)24-12-4-11-21(24,20(23)26)15-27-14-17-5-2-1-3-6-17/h1-3,5-10H,4,11-15H2,(H2,23,26). The summed E-state index contributed by atoms with van der Waals surface area (Å²) in [6, 6.07) is 15.4. The van der Waals surface area contributed by atoms with Crippen LogP contribution in [0, 0.1) is 5.82 Å². The monoisotopic (exact) mass is 370 g/mol. The van der Waals surface area contributed by atoms with Crippen LogP contribution in [0.15, 0.2) is 54.6 Å². The van der Waals surface area contributed by atoms with Gasteiger partial charge in [0, 0.05) is 6.54 Å². The predicted molar refractivity (Wildman–Crippen MR) is 99.1 cm³/mol. The molecule has 2 aromatic rings. The number of hydrogen-bond donors (Lipinski definition) is 1. The van der Waals surface area contributed by atoms with Crippen molar-refractivity contribution in [2.45, 2.75) is 31.4 Å². The molecule has 1 aliphatic rings. The van der Waals surface area contributed by atoms with Gasteiger partial charge >= 0.3 is 0 Å². The average Bonchev–Trinajstić information content (AvgIpc) is 3.10. The number of amides is 2. The molecule has 0 spiro atoms. The summed E-state index contributed by atoms with van der Waals surface area (Å²) in [5.74, 6) is -1.12. The number of rotatable bonds is 7. The maximum Gasteiger partial charge on any atom is 0.245 e. The maximum absolute atomic E-state index is 13.1. The quantitative estimate of drug-likeness (QED) is 0.814. The van der Waals surface area contributed by atoms with Gasteiger partial charge in [0.1, 0.15) is 11.4 Å². The van der Waals surface area contributed by atoms with E-state index >= 15 is 0 Å². The van der Waals surface area contributed by atoms with Gasteiger partial charge in [-0.25, -0.2) is 4.39 Å². The maximum atomic E-state index is 13.1. The summed E-state index contributed by atoms with van der Waals surface area (Å²) in [5, 5.41) is 0. The van der Waals surface area contributed by atoms with Crippen LogP contribution in [0.3, 0.4) is 0 Å². The molecule has 142 valence electrons. The van der Waals surface area contributed by atoms with Crippen molar-refractivity contribution in [3.05, 3.63) is 71.5 Å². The van der Waals surface area contributed by atoms with Crippen LogP contribution in [0.5, 0.6) is 0 Å². The summed E-state index contributed by atoms with van der Waals surface area (Å²) in [7, 11) is 0. The zero-order valence-corrected chi connectivity index (χ0v) is 15.1. The van der Waals surface area contributed by atoms with Crippen molar-refractivity contribution in [1.29, 1.82) is 0 Å². The number of nitrogens with two attached hydrogens (primary N) is 1. The van der Waals surface area contributed by atoms with Gasteiger partial charge < -0.3 is 15.4 Å². The molecule has 1 unspecified atom stereocenters. The van der Waals surface area contributed by atoms with E-state index in [0.717, 1.165) is 5.56 Å². The van der Waals surface area contributed by atoms with E-state index in [1.165, 1.54) is 17.0 Å². The van der Waals surface area contributed by atoms with E-state index in [-0.39, 0.29) is 24.8 Å². The summed E-state index contributed by atoms with van der Waals surface area (Å²) in [6.07, 6.45) is 1.26. The molecule has 2 aromatic carbocycles. The number of hydrogen-bond acceptors (Lipinski definition) is 3. The van der Waals surface area contributed by atoms with E-state index in [9.17, 15) is 14.0 Å². The summed E-state index contributed by atoms with van der Waals surface area (Å²) in [6.45, 7) is 0.861. The number of halogens is 1. The first-order valence-corrected chi connectivity index (χ1v) is 8.98. The fourth-order valence-electron chi connectivity index (χ4n) is 3.50. The lowest BCUT2D eigenvalue weighted by Gasteiger charge is -2.35. The number of carbonyl (C=O) groups is 2. The molecular weight excluding hydrogens is 347 g/mol. The van der Waals surface area contributed by atoms with Crippen molar-refractivity contribution in [2.24, 2.45) is 5.73 Å². The number of nitrogens with zero attached hydrogens (tertiary/aromatic N) is 1. The van der Waals surface area contributed by atoms with Crippen LogP contribution in [-0.4, -0.2) is 35.4 Å². The number of ether oxygens (including phenoxy) is 1. The normalized spacial score (nSPS) is 19.2. The molecule has 27 heavy (non-hydrogen) atoms. The molecule has 2 amide bonds. The SMILES string of the molecule is NC(=O)C1(COCc2ccccc2)CCCN1C(=O)Cc1ccc(F)cc1. The molecule has 0 saturated carbocycles. The van der Waals surface area contributed by atoms with E-state index in [1.807, 2.05) is 30.3 Å². The number of carbonyl (C=O) groups excluding carboxylic acids is 2. The Kier molecular flexibility index (Phi) is 5.86. The molecule has 1 aliphatic heterocycles. The van der Waals surface area contributed by atoms with Gasteiger partial charge in [-0.2, -0.15) is 0 Å². The van der Waals surface area contributed by atoms with Gasteiger partial charge in [0.2, 0.25) is 11.8 Å². The van der Waals surface area contributed by atoms with Crippen LogP contribution in [-0.2, 0) is 27.4 Å². The van der Waals surface area contributed by atoms with Gasteiger partial charge in [0.15, 0.2) is 0 Å². The number of likely N-dealkylation sites (tertiary alicyclic amines) is 1. The van der Waals surface area contributed by atoms with Crippen LogP contribution in [0.2, 0.25) is 0 Å². The second-order valence-corrected chi connectivity index (χ2v) is 6.83. The second-order valence-electron chi connectivity index (χ2n) is 6.83. The molecule has 0 radical (unpaired) electrons. The van der Waals surface area contributed by atoms with Gasteiger partial charge in [0.05, 0.1) is 19.6 Å². The Morgan fingerprint density at radius 1 is 1.07 bits per heavy atom. The molecule has 1 saturated heterocycles. The second kappa shape index (κ2) is 8.31. The Morgan fingerprint density at radius 3 is 2.44 bits per heavy atom. The Bertz CT molecular complexity index is 795. The molecule has 0 bridgehead atoms. The first-order chi connectivity index (χ1) is 13.0. The first-order valence-electron chi connectivity index (χ1n) is 8.98. The van der Waals surface area contributed by atoms with Crippen LogP contribution in [0.4, 0.5) is 4.39 Å². The Balaban J connectivity index is 1.69. The third kappa shape index (κ3) is 4.34. The summed E-state index contributed by atoms with van der Waals surface area (Å²) in [5.41, 5.74) is 6.24. The average molecular weight is 370 g/mol. The summed E-state index contributed by atoms with van der Waals surface area (Å²) >= 11 is 0. The van der Waals surface area contributed by atoms with E-state index in [4.69, 9.17) is 10.5 Å². The van der Waals surface area contributed by atoms with Crippen molar-refractivity contribution in [1.82, 2.24) is 4.90 Å². The third-order valence-electron chi connectivity index (χ3n) is 4.97. The van der Waals surface area contributed by atoms with Crippen molar-refractivity contribution in [3.8, 4) is 0 Å². The van der Waals surface area contributed by atoms with Crippen LogP contribution < -0.4 is 5.73 Å². The van der Waals surface area contributed by atoms with E-state index in [0.29, 0.717) is 31.6 Å². The minimum absolute atomic E-state index is 0.0619. The van der Waals surface area contributed by atoms with Gasteiger partial charge in [-0.3, -0.25) is 9.59 Å². The van der Waals surface area contributed by atoms with Crippen molar-refractivity contribution < 1.29 is 18.7 Å². The molecule has 1 heterocycles. The minimum Gasteiger partial charge on any atom is -0.374 e. The zero-order chi connectivity index (χ0) is 19.3. The molecule has 1 fully saturated rings. The molecule has 0 aliphatic carbocycles. The lowest BCUT2D eigenvalue weighted by Crippen LogP contribution is -2.59. The molecule has 0 aromatic heterocycles. The molecule has 2 N–H and O–H groups in total. The Hall–Kier alpha value is -2.73. The summed E-state index contributed by atoms with van der Waals surface area (Å²) < 4.78 is 18.8. The fraction of sp³-hybridized carbons (Fsp3) is 0.333. The smallest absolute Gasteiger partial charge is 0.245 e. The highest BCUT2D eigenvalue weighted by atomic mass is 19.1. The zero-order valence-electron chi connectivity index (χ0n) is 15.1. The highest BCUT2D eigenvalue weighted by molar-refractivity contribution is 5.92. The number of benzene rings is 2. The first kappa shape index (κ1) is 19.0. The molecular formula is C21H23FN2O3. The fourth-order valence-corrected chi connectivity index (χ4v) is 3.50. The molecule has 5 nitrogen and oxygen atoms in total. The predicted octanol–water partition coefficient (Wildman–Crippen LogP) is 2.43. The lowest BCUT2D eigenvalue weighted by atomic mass is 9.95. The van der Waals surface area contributed by atoms with Crippen LogP contribution in [0.25, 0.3) is 0 Å². The van der Waals surface area contributed by atoms with E-state index < -0.39 is 11.4 Å². The largest absolute Gasteiger partial charge is 0.374 e. The van der Waals surface area contributed by atoms with Gasteiger partial charge in [-0.05, 0) is 36.1 Å². The van der Waals surface area contributed by atoms with E-state index in [1.54, 1.807) is 12.1 Å². The van der Waals surface area contributed by atoms with Crippen LogP contribution in [0.1, 0.15) is 24.0 Å². The van der Waals surface area contributed by atoms with Crippen molar-refractivity contribution in [3.63, 3.8) is 0 Å². The third-order valence-corrected chi connectivity index (χ3v) is 4.97. The van der Waals surface area contributed by atoms with Crippen molar-refractivity contribution >= 4 is 11.8 Å². The number of primary amides is 1. The summed E-state index contributed by atoms with van der Waals surface area (Å²) in [4.78, 5) is 26.6. The van der Waals surface area contributed by atoms with Gasteiger partial charge in [0.25, 0.3) is 0 Å². The van der Waals surface area contributed by atoms with Gasteiger partial charge in [-0.15, -0.1) is 0 Å². The molecule has 6 heteroatoms. The minimum atomic E-state index is -1.13. The van der Waals surface area contributed by atoms with Crippen LogP contribution >= 0.6 is 0 Å². The molecule has 1 atom stereocenters. The van der Waals surface area contributed by atoms with Gasteiger partial charge in [-0.1, -0.05) is 42.5 Å². The van der Waals surface area contributed by atoms with Crippen molar-refractivity contribution in [2.75, 3.05) is 13.2 Å². The lowest BCUT2D eigenvalue weighted by molar-refractivity contribution is -0.147. The highest BCUT2D eigenvalue weighted by Crippen LogP contribution is 2.31. The highest BCUT2D eigenvalue weighted by Gasteiger charge is 2.48. The Labute approximate surface area is 157 Å². The molecule has 3 rings (SSSR count). The topological polar surface area (TPSA) is 72.6 Å².